The van der Waals surface area contributed by atoms with Gasteiger partial charge in [0.05, 0.1) is 13.2 Å². The second-order valence-corrected chi connectivity index (χ2v) is 7.33. The molecular weight excluding hydrogens is 406 g/mol. The standard InChI is InChI=1S/C23H33N7O2/c1-3-24-22(28-18-19-8-5-6-9-20(19)32-4-2)25-13-10-21(31)29-14-16-30(17-15-29)23-26-11-7-12-27-23/h5-9,11-12H,3-4,10,13-18H2,1-2H3,(H2,24,25,28). The fourth-order valence-corrected chi connectivity index (χ4v) is 3.49. The maximum absolute atomic E-state index is 12.6. The molecule has 2 aromatic rings. The molecule has 172 valence electrons. The first-order valence-corrected chi connectivity index (χ1v) is 11.2. The molecule has 1 saturated heterocycles. The molecule has 1 aromatic carbocycles. The summed E-state index contributed by atoms with van der Waals surface area (Å²) in [6, 6.07) is 9.72. The predicted molar refractivity (Wildman–Crippen MR) is 126 cm³/mol. The fraction of sp³-hybridized carbons (Fsp3) is 0.478. The van der Waals surface area contributed by atoms with Crippen molar-refractivity contribution in [1.29, 1.82) is 0 Å². The monoisotopic (exact) mass is 439 g/mol. The maximum atomic E-state index is 12.6. The number of aliphatic imine (C=N–C) groups is 1. The van der Waals surface area contributed by atoms with Gasteiger partial charge in [0.2, 0.25) is 11.9 Å². The van der Waals surface area contributed by atoms with Crippen molar-refractivity contribution in [3.63, 3.8) is 0 Å². The van der Waals surface area contributed by atoms with Gasteiger partial charge >= 0.3 is 0 Å². The van der Waals surface area contributed by atoms with E-state index in [1.54, 1.807) is 18.5 Å². The van der Waals surface area contributed by atoms with Crippen LogP contribution in [0.4, 0.5) is 5.95 Å². The summed E-state index contributed by atoms with van der Waals surface area (Å²) in [6.45, 7) is 9.23. The van der Waals surface area contributed by atoms with Gasteiger partial charge in [-0.3, -0.25) is 4.79 Å². The van der Waals surface area contributed by atoms with Crippen LogP contribution in [0.25, 0.3) is 0 Å². The van der Waals surface area contributed by atoms with Crippen molar-refractivity contribution in [1.82, 2.24) is 25.5 Å². The van der Waals surface area contributed by atoms with E-state index in [0.29, 0.717) is 45.2 Å². The second-order valence-electron chi connectivity index (χ2n) is 7.33. The third-order valence-electron chi connectivity index (χ3n) is 5.12. The highest BCUT2D eigenvalue weighted by atomic mass is 16.5. The number of nitrogens with zero attached hydrogens (tertiary/aromatic N) is 5. The molecule has 0 saturated carbocycles. The van der Waals surface area contributed by atoms with Gasteiger partial charge in [-0.25, -0.2) is 15.0 Å². The summed E-state index contributed by atoms with van der Waals surface area (Å²) in [5.41, 5.74) is 1.03. The number of guanidine groups is 1. The third-order valence-corrected chi connectivity index (χ3v) is 5.12. The van der Waals surface area contributed by atoms with Gasteiger partial charge in [-0.15, -0.1) is 0 Å². The number of ether oxygens (including phenoxy) is 1. The van der Waals surface area contributed by atoms with Gasteiger partial charge in [-0.2, -0.15) is 0 Å². The van der Waals surface area contributed by atoms with E-state index < -0.39 is 0 Å². The molecular formula is C23H33N7O2. The summed E-state index contributed by atoms with van der Waals surface area (Å²) < 4.78 is 5.67. The zero-order valence-corrected chi connectivity index (χ0v) is 19.0. The number of carbonyl (C=O) groups excluding carboxylic acids is 1. The number of anilines is 1. The van der Waals surface area contributed by atoms with Gasteiger partial charge in [-0.05, 0) is 26.0 Å². The SMILES string of the molecule is CCNC(=NCc1ccccc1OCC)NCCC(=O)N1CCN(c2ncccn2)CC1. The second kappa shape index (κ2) is 12.5. The Kier molecular flexibility index (Phi) is 9.09. The Balaban J connectivity index is 1.45. The van der Waals surface area contributed by atoms with Gasteiger partial charge in [0.1, 0.15) is 5.75 Å². The lowest BCUT2D eigenvalue weighted by molar-refractivity contribution is -0.131. The smallest absolute Gasteiger partial charge is 0.225 e. The summed E-state index contributed by atoms with van der Waals surface area (Å²) in [6.07, 6.45) is 3.90. The van der Waals surface area contributed by atoms with Crippen LogP contribution in [0.2, 0.25) is 0 Å². The van der Waals surface area contributed by atoms with E-state index in [-0.39, 0.29) is 5.91 Å². The highest BCUT2D eigenvalue weighted by Gasteiger charge is 2.22. The molecule has 0 radical (unpaired) electrons. The number of hydrogen-bond acceptors (Lipinski definition) is 6. The van der Waals surface area contributed by atoms with E-state index in [1.165, 1.54) is 0 Å². The number of carbonyl (C=O) groups is 1. The minimum atomic E-state index is 0.142. The van der Waals surface area contributed by atoms with Crippen LogP contribution in [0.1, 0.15) is 25.8 Å². The van der Waals surface area contributed by atoms with Crippen molar-refractivity contribution in [2.45, 2.75) is 26.8 Å². The minimum Gasteiger partial charge on any atom is -0.494 e. The molecule has 2 heterocycles. The van der Waals surface area contributed by atoms with Gasteiger partial charge in [-0.1, -0.05) is 18.2 Å². The van der Waals surface area contributed by atoms with Crippen LogP contribution < -0.4 is 20.3 Å². The number of aromatic nitrogens is 2. The summed E-state index contributed by atoms with van der Waals surface area (Å²) in [7, 11) is 0. The molecule has 2 N–H and O–H groups in total. The van der Waals surface area contributed by atoms with Gasteiger partial charge in [0.25, 0.3) is 0 Å². The topological polar surface area (TPSA) is 95.0 Å². The quantitative estimate of drug-likeness (QED) is 0.453. The third kappa shape index (κ3) is 6.83. The van der Waals surface area contributed by atoms with E-state index in [0.717, 1.165) is 36.9 Å². The Morgan fingerprint density at radius 1 is 1.06 bits per heavy atom. The number of benzene rings is 1. The molecule has 9 heteroatoms. The average Bonchev–Trinajstić information content (AvgIpc) is 2.84. The van der Waals surface area contributed by atoms with Crippen LogP contribution in [0, 0.1) is 0 Å². The zero-order valence-electron chi connectivity index (χ0n) is 19.0. The Morgan fingerprint density at radius 2 is 1.81 bits per heavy atom. The predicted octanol–water partition coefficient (Wildman–Crippen LogP) is 1.67. The van der Waals surface area contributed by atoms with Crippen molar-refractivity contribution in [2.75, 3.05) is 50.8 Å². The lowest BCUT2D eigenvalue weighted by Crippen LogP contribution is -2.50. The first-order chi connectivity index (χ1) is 15.7. The molecule has 0 spiro atoms. The van der Waals surface area contributed by atoms with E-state index in [9.17, 15) is 4.79 Å². The van der Waals surface area contributed by atoms with Crippen molar-refractivity contribution in [3.05, 3.63) is 48.3 Å². The molecule has 1 amide bonds. The number of amides is 1. The molecule has 0 unspecified atom stereocenters. The summed E-state index contributed by atoms with van der Waals surface area (Å²) in [5.74, 6) is 2.41. The number of para-hydroxylation sites is 1. The normalized spacial score (nSPS) is 14.2. The van der Waals surface area contributed by atoms with Crippen LogP contribution in [0.3, 0.4) is 0 Å². The molecule has 1 aromatic heterocycles. The number of rotatable bonds is 9. The van der Waals surface area contributed by atoms with E-state index in [2.05, 4.69) is 30.5 Å². The van der Waals surface area contributed by atoms with Crippen molar-refractivity contribution >= 4 is 17.8 Å². The fourth-order valence-electron chi connectivity index (χ4n) is 3.49. The summed E-state index contributed by atoms with van der Waals surface area (Å²) in [5, 5.41) is 6.50. The molecule has 32 heavy (non-hydrogen) atoms. The Labute approximate surface area is 189 Å². The Bertz CT molecular complexity index is 868. The summed E-state index contributed by atoms with van der Waals surface area (Å²) >= 11 is 0. The van der Waals surface area contributed by atoms with E-state index in [1.807, 2.05) is 43.0 Å². The number of piperazine rings is 1. The number of nitrogens with one attached hydrogen (secondary N) is 2. The maximum Gasteiger partial charge on any atom is 0.225 e. The Hall–Kier alpha value is -3.36. The van der Waals surface area contributed by atoms with Crippen molar-refractivity contribution in [3.8, 4) is 5.75 Å². The molecule has 1 aliphatic rings. The highest BCUT2D eigenvalue weighted by molar-refractivity contribution is 5.81. The molecule has 0 bridgehead atoms. The molecule has 0 atom stereocenters. The molecule has 1 aliphatic heterocycles. The molecule has 3 rings (SSSR count). The zero-order chi connectivity index (χ0) is 22.6. The van der Waals surface area contributed by atoms with E-state index in [4.69, 9.17) is 4.74 Å². The minimum absolute atomic E-state index is 0.142. The first-order valence-electron chi connectivity index (χ1n) is 11.2. The molecule has 0 aliphatic carbocycles. The molecule has 9 nitrogen and oxygen atoms in total. The van der Waals surface area contributed by atoms with Gasteiger partial charge in [0, 0.05) is 63.6 Å². The Morgan fingerprint density at radius 3 is 2.53 bits per heavy atom. The van der Waals surface area contributed by atoms with Crippen LogP contribution >= 0.6 is 0 Å². The van der Waals surface area contributed by atoms with Crippen molar-refractivity contribution < 1.29 is 9.53 Å². The van der Waals surface area contributed by atoms with Crippen LogP contribution in [-0.2, 0) is 11.3 Å². The van der Waals surface area contributed by atoms with Gasteiger partial charge < -0.3 is 25.2 Å². The van der Waals surface area contributed by atoms with Crippen LogP contribution in [-0.4, -0.2) is 72.6 Å². The van der Waals surface area contributed by atoms with Crippen molar-refractivity contribution in [2.24, 2.45) is 4.99 Å². The first kappa shape index (κ1) is 23.3. The van der Waals surface area contributed by atoms with Crippen LogP contribution in [0.15, 0.2) is 47.7 Å². The van der Waals surface area contributed by atoms with E-state index >= 15 is 0 Å². The average molecular weight is 440 g/mol. The molecule has 1 fully saturated rings. The number of hydrogen-bond donors (Lipinski definition) is 2. The van der Waals surface area contributed by atoms with Crippen LogP contribution in [0.5, 0.6) is 5.75 Å². The van der Waals surface area contributed by atoms with Gasteiger partial charge in [0.15, 0.2) is 5.96 Å². The largest absolute Gasteiger partial charge is 0.494 e. The lowest BCUT2D eigenvalue weighted by atomic mass is 10.2. The summed E-state index contributed by atoms with van der Waals surface area (Å²) in [4.78, 5) is 29.9. The highest BCUT2D eigenvalue weighted by Crippen LogP contribution is 2.18. The lowest BCUT2D eigenvalue weighted by Gasteiger charge is -2.34.